The van der Waals surface area contributed by atoms with Gasteiger partial charge in [0.05, 0.1) is 5.56 Å². The van der Waals surface area contributed by atoms with Crippen molar-refractivity contribution in [3.63, 3.8) is 0 Å². The summed E-state index contributed by atoms with van der Waals surface area (Å²) in [5.41, 5.74) is -0.0159. The van der Waals surface area contributed by atoms with Crippen LogP contribution in [0.2, 0.25) is 0 Å². The number of aromatic nitrogens is 1. The minimum Gasteiger partial charge on any atom is -0.355 e. The van der Waals surface area contributed by atoms with E-state index in [1.807, 2.05) is 30.3 Å². The summed E-state index contributed by atoms with van der Waals surface area (Å²) < 4.78 is 64.6. The molecule has 0 atom stereocenters. The highest BCUT2D eigenvalue weighted by Gasteiger charge is 2.31. The Kier molecular flexibility index (Phi) is 6.04. The Morgan fingerprint density at radius 1 is 0.964 bits per heavy atom. The Morgan fingerprint density at radius 2 is 1.71 bits per heavy atom. The largest absolute Gasteiger partial charge is 0.417 e. The summed E-state index contributed by atoms with van der Waals surface area (Å²) in [6, 6.07) is 11.4. The van der Waals surface area contributed by atoms with Gasteiger partial charge in [-0.05, 0) is 30.2 Å². The maximum atomic E-state index is 12.7. The van der Waals surface area contributed by atoms with Crippen molar-refractivity contribution in [2.45, 2.75) is 12.6 Å². The minimum absolute atomic E-state index is 0.240. The summed E-state index contributed by atoms with van der Waals surface area (Å²) in [5.74, 6) is 0.409. The van der Waals surface area contributed by atoms with E-state index in [9.17, 15) is 21.6 Å². The van der Waals surface area contributed by atoms with Crippen molar-refractivity contribution in [1.29, 1.82) is 0 Å². The fourth-order valence-corrected chi connectivity index (χ4v) is 4.15. The summed E-state index contributed by atoms with van der Waals surface area (Å²) in [6.07, 6.45) is -1.52. The Balaban J connectivity index is 1.66. The quantitative estimate of drug-likeness (QED) is 0.771. The van der Waals surface area contributed by atoms with E-state index in [2.05, 4.69) is 4.98 Å². The molecular formula is C19H20F3N3O2S. The second kappa shape index (κ2) is 8.32. The molecule has 0 N–H and O–H groups in total. The normalized spacial score (nSPS) is 17.0. The molecule has 0 amide bonds. The van der Waals surface area contributed by atoms with Gasteiger partial charge >= 0.3 is 6.18 Å². The summed E-state index contributed by atoms with van der Waals surface area (Å²) in [5, 5.41) is 1.19. The van der Waals surface area contributed by atoms with Gasteiger partial charge in [-0.2, -0.15) is 17.5 Å². The minimum atomic E-state index is -4.43. The molecule has 0 aliphatic carbocycles. The fraction of sp³-hybridized carbons (Fsp3) is 0.316. The summed E-state index contributed by atoms with van der Waals surface area (Å²) in [6.45, 7) is 1.46. The third-order valence-corrected chi connectivity index (χ3v) is 6.01. The smallest absolute Gasteiger partial charge is 0.355 e. The van der Waals surface area contributed by atoms with E-state index in [4.69, 9.17) is 0 Å². The molecule has 0 saturated carbocycles. The summed E-state index contributed by atoms with van der Waals surface area (Å²) in [4.78, 5) is 5.70. The van der Waals surface area contributed by atoms with Crippen LogP contribution in [0.4, 0.5) is 19.0 Å². The number of hydrogen-bond acceptors (Lipinski definition) is 4. The number of halogens is 3. The van der Waals surface area contributed by atoms with Gasteiger partial charge in [-0.3, -0.25) is 0 Å². The molecule has 0 spiro atoms. The van der Waals surface area contributed by atoms with Crippen LogP contribution in [0.15, 0.2) is 54.1 Å². The van der Waals surface area contributed by atoms with Crippen molar-refractivity contribution in [3.05, 3.63) is 65.2 Å². The zero-order chi connectivity index (χ0) is 20.2. The molecule has 1 aliphatic rings. The van der Waals surface area contributed by atoms with Gasteiger partial charge < -0.3 is 4.90 Å². The molecule has 150 valence electrons. The molecule has 1 aliphatic heterocycles. The molecule has 1 fully saturated rings. The third kappa shape index (κ3) is 5.11. The molecule has 5 nitrogen and oxygen atoms in total. The van der Waals surface area contributed by atoms with Crippen molar-refractivity contribution < 1.29 is 21.6 Å². The molecule has 0 unspecified atom stereocenters. The van der Waals surface area contributed by atoms with Crippen LogP contribution in [-0.4, -0.2) is 43.9 Å². The fourth-order valence-electron chi connectivity index (χ4n) is 2.93. The first-order chi connectivity index (χ1) is 13.3. The van der Waals surface area contributed by atoms with E-state index >= 15 is 0 Å². The number of benzene rings is 1. The van der Waals surface area contributed by atoms with Crippen molar-refractivity contribution in [3.8, 4) is 0 Å². The van der Waals surface area contributed by atoms with Crippen LogP contribution in [0, 0.1) is 0 Å². The number of sulfonamides is 1. The maximum absolute atomic E-state index is 12.7. The van der Waals surface area contributed by atoms with Gasteiger partial charge in [0, 0.05) is 37.8 Å². The number of rotatable bonds is 4. The van der Waals surface area contributed by atoms with Gasteiger partial charge in [0.15, 0.2) is 0 Å². The van der Waals surface area contributed by atoms with Gasteiger partial charge in [0.1, 0.15) is 5.82 Å². The van der Waals surface area contributed by atoms with Crippen molar-refractivity contribution in [2.24, 2.45) is 0 Å². The lowest BCUT2D eigenvalue weighted by Gasteiger charge is -2.22. The lowest BCUT2D eigenvalue weighted by atomic mass is 10.2. The maximum Gasteiger partial charge on any atom is 0.417 e. The number of hydrogen-bond donors (Lipinski definition) is 0. The number of anilines is 1. The van der Waals surface area contributed by atoms with Crippen LogP contribution < -0.4 is 4.90 Å². The highest BCUT2D eigenvalue weighted by Crippen LogP contribution is 2.29. The van der Waals surface area contributed by atoms with E-state index < -0.39 is 21.8 Å². The predicted octanol–water partition coefficient (Wildman–Crippen LogP) is 3.61. The summed E-state index contributed by atoms with van der Waals surface area (Å²) >= 11 is 0. The van der Waals surface area contributed by atoms with Crippen LogP contribution >= 0.6 is 0 Å². The van der Waals surface area contributed by atoms with Crippen molar-refractivity contribution in [2.75, 3.05) is 31.1 Å². The number of nitrogens with zero attached hydrogens (tertiary/aromatic N) is 3. The Labute approximate surface area is 162 Å². The molecular weight excluding hydrogens is 391 g/mol. The molecule has 1 saturated heterocycles. The standard InChI is InChI=1S/C19H20F3N3O2S/c20-19(21,22)17-7-8-18(23-15-17)24-10-4-11-25(13-12-24)28(26,27)14-9-16-5-2-1-3-6-16/h1-3,5-9,14-15H,4,10-13H2/b14-9+. The SMILES string of the molecule is O=S(=O)(/C=C/c1ccccc1)N1CCCN(c2ccc(C(F)(F)F)cn2)CC1. The zero-order valence-electron chi connectivity index (χ0n) is 15.0. The zero-order valence-corrected chi connectivity index (χ0v) is 15.8. The van der Waals surface area contributed by atoms with E-state index in [1.54, 1.807) is 11.0 Å². The van der Waals surface area contributed by atoms with E-state index in [-0.39, 0.29) is 6.54 Å². The van der Waals surface area contributed by atoms with Crippen molar-refractivity contribution >= 4 is 21.9 Å². The molecule has 2 heterocycles. The van der Waals surface area contributed by atoms with Gasteiger partial charge in [-0.15, -0.1) is 0 Å². The first-order valence-corrected chi connectivity index (χ1v) is 10.3. The topological polar surface area (TPSA) is 53.5 Å². The monoisotopic (exact) mass is 411 g/mol. The average molecular weight is 411 g/mol. The average Bonchev–Trinajstić information content (AvgIpc) is 2.94. The van der Waals surface area contributed by atoms with E-state index in [0.717, 1.165) is 17.8 Å². The highest BCUT2D eigenvalue weighted by molar-refractivity contribution is 7.92. The molecule has 9 heteroatoms. The second-order valence-corrected chi connectivity index (χ2v) is 8.22. The molecule has 2 aromatic rings. The van der Waals surface area contributed by atoms with Crippen LogP contribution in [0.25, 0.3) is 6.08 Å². The van der Waals surface area contributed by atoms with Crippen LogP contribution in [0.1, 0.15) is 17.5 Å². The number of pyridine rings is 1. The van der Waals surface area contributed by atoms with E-state index in [0.29, 0.717) is 31.9 Å². The second-order valence-electron chi connectivity index (χ2n) is 6.40. The lowest BCUT2D eigenvalue weighted by molar-refractivity contribution is -0.137. The molecule has 0 radical (unpaired) electrons. The Hall–Kier alpha value is -2.39. The predicted molar refractivity (Wildman–Crippen MR) is 102 cm³/mol. The Morgan fingerprint density at radius 3 is 2.36 bits per heavy atom. The number of alkyl halides is 3. The van der Waals surface area contributed by atoms with Crippen molar-refractivity contribution in [1.82, 2.24) is 9.29 Å². The first-order valence-electron chi connectivity index (χ1n) is 8.77. The molecule has 28 heavy (non-hydrogen) atoms. The van der Waals surface area contributed by atoms with Gasteiger partial charge in [-0.1, -0.05) is 30.3 Å². The molecule has 3 rings (SSSR count). The van der Waals surface area contributed by atoms with Gasteiger partial charge in [-0.25, -0.2) is 13.4 Å². The van der Waals surface area contributed by atoms with Crippen LogP contribution in [0.3, 0.4) is 0 Å². The van der Waals surface area contributed by atoms with Gasteiger partial charge in [0.25, 0.3) is 0 Å². The third-order valence-electron chi connectivity index (χ3n) is 4.45. The molecule has 0 bridgehead atoms. The summed E-state index contributed by atoms with van der Waals surface area (Å²) in [7, 11) is -3.58. The van der Waals surface area contributed by atoms with E-state index in [1.165, 1.54) is 15.8 Å². The Bertz CT molecular complexity index is 914. The molecule has 1 aromatic carbocycles. The molecule has 1 aromatic heterocycles. The first kappa shape index (κ1) is 20.3. The van der Waals surface area contributed by atoms with Gasteiger partial charge in [0.2, 0.25) is 10.0 Å². The highest BCUT2D eigenvalue weighted by atomic mass is 32.2. The lowest BCUT2D eigenvalue weighted by Crippen LogP contribution is -2.34. The van der Waals surface area contributed by atoms with Crippen LogP contribution in [0.5, 0.6) is 0 Å². The van der Waals surface area contributed by atoms with Crippen LogP contribution in [-0.2, 0) is 16.2 Å².